The highest BCUT2D eigenvalue weighted by Gasteiger charge is 2.24. The first kappa shape index (κ1) is 19.8. The van der Waals surface area contributed by atoms with E-state index in [0.717, 1.165) is 61.0 Å². The number of rotatable bonds is 5. The van der Waals surface area contributed by atoms with E-state index < -0.39 is 0 Å². The van der Waals surface area contributed by atoms with Gasteiger partial charge in [0, 0.05) is 38.1 Å². The zero-order chi connectivity index (χ0) is 22.2. The standard InChI is InChI=1S/C25H24N6O2/c1-32-19-7-4-6-18(16-19)17-29-11-13-30(14-12-29)25-26-21-9-3-2-8-20(21)23-27-28-24(31(23)25)22-10-5-15-33-22/h2-10,15-16H,11-14,17H2,1H3. The Balaban J connectivity index is 1.32. The molecule has 8 nitrogen and oxygen atoms in total. The van der Waals surface area contributed by atoms with Crippen molar-refractivity contribution in [1.82, 2.24) is 24.5 Å². The van der Waals surface area contributed by atoms with Crippen molar-refractivity contribution in [3.8, 4) is 17.3 Å². The molecule has 0 saturated carbocycles. The summed E-state index contributed by atoms with van der Waals surface area (Å²) in [5.74, 6) is 3.09. The molecule has 0 atom stereocenters. The third kappa shape index (κ3) is 3.58. The Morgan fingerprint density at radius 1 is 0.939 bits per heavy atom. The molecule has 0 spiro atoms. The number of ether oxygens (including phenoxy) is 1. The maximum absolute atomic E-state index is 5.65. The van der Waals surface area contributed by atoms with Gasteiger partial charge in [0.15, 0.2) is 11.4 Å². The summed E-state index contributed by atoms with van der Waals surface area (Å²) in [6, 6.07) is 20.1. The van der Waals surface area contributed by atoms with Crippen molar-refractivity contribution in [2.45, 2.75) is 6.54 Å². The van der Waals surface area contributed by atoms with E-state index in [1.165, 1.54) is 5.56 Å². The van der Waals surface area contributed by atoms with E-state index in [-0.39, 0.29) is 0 Å². The molecule has 0 radical (unpaired) electrons. The SMILES string of the molecule is COc1cccc(CN2CCN(c3nc4ccccc4c4nnc(-c5ccco5)n34)CC2)c1. The van der Waals surface area contributed by atoms with Gasteiger partial charge in [0.25, 0.3) is 0 Å². The van der Waals surface area contributed by atoms with Gasteiger partial charge in [-0.1, -0.05) is 24.3 Å². The largest absolute Gasteiger partial charge is 0.497 e. The quantitative estimate of drug-likeness (QED) is 0.411. The molecular formula is C25H24N6O2. The van der Waals surface area contributed by atoms with Crippen LogP contribution in [-0.4, -0.2) is 57.8 Å². The lowest BCUT2D eigenvalue weighted by Crippen LogP contribution is -2.46. The molecule has 0 N–H and O–H groups in total. The molecule has 3 aromatic heterocycles. The average Bonchev–Trinajstić information content (AvgIpc) is 3.54. The Morgan fingerprint density at radius 2 is 1.82 bits per heavy atom. The molecule has 166 valence electrons. The predicted molar refractivity (Wildman–Crippen MR) is 126 cm³/mol. The summed E-state index contributed by atoms with van der Waals surface area (Å²) in [4.78, 5) is 9.81. The minimum Gasteiger partial charge on any atom is -0.497 e. The molecule has 0 bridgehead atoms. The highest BCUT2D eigenvalue weighted by molar-refractivity contribution is 5.93. The predicted octanol–water partition coefficient (Wildman–Crippen LogP) is 3.87. The number of fused-ring (bicyclic) bond motifs is 3. The van der Waals surface area contributed by atoms with Crippen molar-refractivity contribution in [3.05, 3.63) is 72.5 Å². The van der Waals surface area contributed by atoms with E-state index in [4.69, 9.17) is 14.1 Å². The van der Waals surface area contributed by atoms with Crippen LogP contribution in [0.1, 0.15) is 5.56 Å². The van der Waals surface area contributed by atoms with Crippen LogP contribution in [0, 0.1) is 0 Å². The van der Waals surface area contributed by atoms with Gasteiger partial charge in [0.05, 0.1) is 18.9 Å². The number of benzene rings is 2. The average molecular weight is 441 g/mol. The highest BCUT2D eigenvalue weighted by atomic mass is 16.5. The molecule has 8 heteroatoms. The van der Waals surface area contributed by atoms with Crippen molar-refractivity contribution in [2.75, 3.05) is 38.2 Å². The van der Waals surface area contributed by atoms with E-state index in [9.17, 15) is 0 Å². The van der Waals surface area contributed by atoms with Crippen LogP contribution in [0.3, 0.4) is 0 Å². The number of para-hydroxylation sites is 1. The van der Waals surface area contributed by atoms with Gasteiger partial charge in [-0.2, -0.15) is 0 Å². The number of methoxy groups -OCH3 is 1. The zero-order valence-electron chi connectivity index (χ0n) is 18.4. The third-order valence-electron chi connectivity index (χ3n) is 6.17. The lowest BCUT2D eigenvalue weighted by Gasteiger charge is -2.35. The molecule has 0 unspecified atom stereocenters. The number of nitrogens with zero attached hydrogens (tertiary/aromatic N) is 6. The summed E-state index contributed by atoms with van der Waals surface area (Å²) >= 11 is 0. The number of hydrogen-bond donors (Lipinski definition) is 0. The minimum atomic E-state index is 0.669. The van der Waals surface area contributed by atoms with Crippen LogP contribution < -0.4 is 9.64 Å². The highest BCUT2D eigenvalue weighted by Crippen LogP contribution is 2.29. The Hall–Kier alpha value is -3.91. The van der Waals surface area contributed by atoms with Crippen LogP contribution in [0.5, 0.6) is 5.75 Å². The Kier molecular flexibility index (Phi) is 4.92. The maximum Gasteiger partial charge on any atom is 0.213 e. The molecule has 1 fully saturated rings. The van der Waals surface area contributed by atoms with Gasteiger partial charge < -0.3 is 14.1 Å². The van der Waals surface area contributed by atoms with Gasteiger partial charge in [-0.25, -0.2) is 9.38 Å². The molecule has 4 heterocycles. The minimum absolute atomic E-state index is 0.669. The van der Waals surface area contributed by atoms with Gasteiger partial charge in [-0.15, -0.1) is 10.2 Å². The van der Waals surface area contributed by atoms with Gasteiger partial charge in [-0.05, 0) is 42.0 Å². The van der Waals surface area contributed by atoms with E-state index in [1.807, 2.05) is 52.9 Å². The summed E-state index contributed by atoms with van der Waals surface area (Å²) in [6.07, 6.45) is 1.65. The summed E-state index contributed by atoms with van der Waals surface area (Å²) in [6.45, 7) is 4.49. The van der Waals surface area contributed by atoms with E-state index in [0.29, 0.717) is 11.6 Å². The summed E-state index contributed by atoms with van der Waals surface area (Å²) < 4.78 is 13.1. The molecule has 1 saturated heterocycles. The lowest BCUT2D eigenvalue weighted by molar-refractivity contribution is 0.248. The number of anilines is 1. The molecule has 1 aliphatic heterocycles. The summed E-state index contributed by atoms with van der Waals surface area (Å²) in [5, 5.41) is 9.95. The van der Waals surface area contributed by atoms with E-state index in [2.05, 4.69) is 32.1 Å². The normalized spacial score (nSPS) is 14.9. The lowest BCUT2D eigenvalue weighted by atomic mass is 10.2. The van der Waals surface area contributed by atoms with Crippen molar-refractivity contribution in [3.63, 3.8) is 0 Å². The molecule has 0 aliphatic carbocycles. The maximum atomic E-state index is 5.65. The molecule has 0 amide bonds. The van der Waals surface area contributed by atoms with Gasteiger partial charge >= 0.3 is 0 Å². The van der Waals surface area contributed by atoms with Gasteiger partial charge in [0.2, 0.25) is 11.8 Å². The van der Waals surface area contributed by atoms with Crippen molar-refractivity contribution < 1.29 is 9.15 Å². The fourth-order valence-corrected chi connectivity index (χ4v) is 4.48. The topological polar surface area (TPSA) is 71.9 Å². The molecule has 33 heavy (non-hydrogen) atoms. The van der Waals surface area contributed by atoms with E-state index in [1.54, 1.807) is 13.4 Å². The summed E-state index contributed by atoms with van der Waals surface area (Å²) in [7, 11) is 1.71. The third-order valence-corrected chi connectivity index (χ3v) is 6.17. The van der Waals surface area contributed by atoms with Crippen LogP contribution in [0.15, 0.2) is 71.3 Å². The smallest absolute Gasteiger partial charge is 0.213 e. The first-order chi connectivity index (χ1) is 16.3. The number of furan rings is 1. The summed E-state index contributed by atoms with van der Waals surface area (Å²) in [5.41, 5.74) is 2.96. The van der Waals surface area contributed by atoms with Crippen LogP contribution in [0.4, 0.5) is 5.95 Å². The Labute approximate surface area is 191 Å². The van der Waals surface area contributed by atoms with Crippen LogP contribution >= 0.6 is 0 Å². The van der Waals surface area contributed by atoms with E-state index >= 15 is 0 Å². The van der Waals surface area contributed by atoms with Crippen LogP contribution in [0.25, 0.3) is 28.1 Å². The Bertz CT molecular complexity index is 1400. The Morgan fingerprint density at radius 3 is 2.64 bits per heavy atom. The first-order valence-electron chi connectivity index (χ1n) is 11.1. The second-order valence-corrected chi connectivity index (χ2v) is 8.20. The second kappa shape index (κ2) is 8.22. The fraction of sp³-hybridized carbons (Fsp3) is 0.240. The van der Waals surface area contributed by atoms with Crippen molar-refractivity contribution >= 4 is 22.5 Å². The molecule has 2 aromatic carbocycles. The monoisotopic (exact) mass is 440 g/mol. The number of hydrogen-bond acceptors (Lipinski definition) is 7. The first-order valence-corrected chi connectivity index (χ1v) is 11.1. The van der Waals surface area contributed by atoms with Gasteiger partial charge in [-0.3, -0.25) is 4.90 Å². The van der Waals surface area contributed by atoms with Crippen molar-refractivity contribution in [1.29, 1.82) is 0 Å². The van der Waals surface area contributed by atoms with Crippen LogP contribution in [-0.2, 0) is 6.54 Å². The number of aromatic nitrogens is 4. The zero-order valence-corrected chi connectivity index (χ0v) is 18.4. The number of piperazine rings is 1. The second-order valence-electron chi connectivity index (χ2n) is 8.20. The molecule has 6 rings (SSSR count). The molecule has 1 aliphatic rings. The molecule has 5 aromatic rings. The van der Waals surface area contributed by atoms with Gasteiger partial charge in [0.1, 0.15) is 5.75 Å². The fourth-order valence-electron chi connectivity index (χ4n) is 4.48. The molecular weight excluding hydrogens is 416 g/mol. The van der Waals surface area contributed by atoms with Crippen molar-refractivity contribution in [2.24, 2.45) is 0 Å². The van der Waals surface area contributed by atoms with Crippen LogP contribution in [0.2, 0.25) is 0 Å².